The van der Waals surface area contributed by atoms with Crippen LogP contribution in [0.4, 0.5) is 5.69 Å². The number of likely N-dealkylation sites (N-methyl/N-ethyl adjacent to an activating group) is 1. The number of rotatable bonds is 5. The van der Waals surface area contributed by atoms with Gasteiger partial charge in [0.2, 0.25) is 15.9 Å². The molecule has 2 atom stereocenters. The first-order valence-electron chi connectivity index (χ1n) is 9.02. The third kappa shape index (κ3) is 4.62. The van der Waals surface area contributed by atoms with Crippen LogP contribution in [0.3, 0.4) is 0 Å². The Hall–Kier alpha value is -1.75. The maximum absolute atomic E-state index is 12.9. The van der Waals surface area contributed by atoms with E-state index in [1.165, 1.54) is 28.6 Å². The summed E-state index contributed by atoms with van der Waals surface area (Å²) in [7, 11) is -2.01. The number of hydrogen-bond acceptors (Lipinski definition) is 6. The molecule has 2 unspecified atom stereocenters. The van der Waals surface area contributed by atoms with E-state index >= 15 is 0 Å². The van der Waals surface area contributed by atoms with E-state index in [1.54, 1.807) is 11.9 Å². The number of nitrogens with one attached hydrogen (secondary N) is 1. The average Bonchev–Trinajstić information content (AvgIpc) is 3.21. The fourth-order valence-corrected chi connectivity index (χ4v) is 5.21. The van der Waals surface area contributed by atoms with Gasteiger partial charge in [-0.05, 0) is 37.9 Å². The first-order valence-corrected chi connectivity index (χ1v) is 10.5. The number of benzene rings is 1. The number of nitro groups is 1. The van der Waals surface area contributed by atoms with Crippen LogP contribution in [0.25, 0.3) is 0 Å². The Morgan fingerprint density at radius 3 is 2.54 bits per heavy atom. The first-order chi connectivity index (χ1) is 12.8. The normalized spacial score (nSPS) is 23.0. The number of carbonyl (C=O) groups excluding carboxylic acids is 1. The quantitative estimate of drug-likeness (QED) is 0.553. The lowest BCUT2D eigenvalue weighted by Gasteiger charge is -2.34. The minimum atomic E-state index is -3.79. The zero-order valence-electron chi connectivity index (χ0n) is 15.6. The van der Waals surface area contributed by atoms with Crippen molar-refractivity contribution in [2.45, 2.75) is 30.2 Å². The summed E-state index contributed by atoms with van der Waals surface area (Å²) < 4.78 is 27.1. The Morgan fingerprint density at radius 2 is 1.96 bits per heavy atom. The van der Waals surface area contributed by atoms with Crippen molar-refractivity contribution in [2.75, 3.05) is 33.2 Å². The van der Waals surface area contributed by atoms with E-state index < -0.39 is 14.9 Å². The highest BCUT2D eigenvalue weighted by atomic mass is 35.5. The van der Waals surface area contributed by atoms with Crippen molar-refractivity contribution in [3.63, 3.8) is 0 Å². The van der Waals surface area contributed by atoms with Crippen molar-refractivity contribution in [3.8, 4) is 0 Å². The van der Waals surface area contributed by atoms with Crippen LogP contribution < -0.4 is 5.32 Å². The zero-order valence-corrected chi connectivity index (χ0v) is 17.2. The molecule has 2 aliphatic rings. The molecular weight excluding hydrogens is 408 g/mol. The number of non-ortho nitro benzene ring substituents is 1. The SMILES string of the molecule is CN(C(=O)C1CCCN(S(=O)(=O)c2ccc([N+](=O)[O-])cc2)C1)C1CCNC1.Cl. The number of carbonyl (C=O) groups is 1. The van der Waals surface area contributed by atoms with Crippen molar-refractivity contribution in [2.24, 2.45) is 5.92 Å². The monoisotopic (exact) mass is 432 g/mol. The van der Waals surface area contributed by atoms with E-state index in [0.29, 0.717) is 19.4 Å². The third-order valence-electron chi connectivity index (χ3n) is 5.35. The predicted molar refractivity (Wildman–Crippen MR) is 106 cm³/mol. The molecule has 0 bridgehead atoms. The Balaban J connectivity index is 0.00000280. The smallest absolute Gasteiger partial charge is 0.269 e. The molecule has 1 aromatic rings. The predicted octanol–water partition coefficient (Wildman–Crippen LogP) is 1.24. The van der Waals surface area contributed by atoms with E-state index in [4.69, 9.17) is 0 Å². The molecule has 0 aliphatic carbocycles. The second-order valence-electron chi connectivity index (χ2n) is 7.05. The highest BCUT2D eigenvalue weighted by Crippen LogP contribution is 2.26. The summed E-state index contributed by atoms with van der Waals surface area (Å²) in [6, 6.07) is 5.00. The molecule has 2 aliphatic heterocycles. The van der Waals surface area contributed by atoms with Gasteiger partial charge in [0.1, 0.15) is 0 Å². The molecule has 1 aromatic carbocycles. The molecule has 1 amide bonds. The molecule has 0 spiro atoms. The lowest BCUT2D eigenvalue weighted by Crippen LogP contribution is -2.48. The Bertz CT molecular complexity index is 811. The van der Waals surface area contributed by atoms with E-state index in [0.717, 1.165) is 19.5 Å². The topological polar surface area (TPSA) is 113 Å². The summed E-state index contributed by atoms with van der Waals surface area (Å²) in [6.07, 6.45) is 2.18. The lowest BCUT2D eigenvalue weighted by molar-refractivity contribution is -0.384. The van der Waals surface area contributed by atoms with Crippen LogP contribution in [0.1, 0.15) is 19.3 Å². The summed E-state index contributed by atoms with van der Waals surface area (Å²) in [5.74, 6) is -0.385. The van der Waals surface area contributed by atoms with Crippen LogP contribution in [0.15, 0.2) is 29.2 Å². The maximum atomic E-state index is 12.9. The van der Waals surface area contributed by atoms with Crippen molar-refractivity contribution in [3.05, 3.63) is 34.4 Å². The van der Waals surface area contributed by atoms with Crippen LogP contribution in [0.2, 0.25) is 0 Å². The van der Waals surface area contributed by atoms with E-state index in [2.05, 4.69) is 5.32 Å². The largest absolute Gasteiger partial charge is 0.341 e. The molecule has 2 fully saturated rings. The van der Waals surface area contributed by atoms with Gasteiger partial charge in [0, 0.05) is 44.9 Å². The molecule has 1 N–H and O–H groups in total. The van der Waals surface area contributed by atoms with E-state index in [-0.39, 0.29) is 47.4 Å². The van der Waals surface area contributed by atoms with Crippen LogP contribution in [0, 0.1) is 16.0 Å². The van der Waals surface area contributed by atoms with Gasteiger partial charge in [0.05, 0.1) is 15.7 Å². The maximum Gasteiger partial charge on any atom is 0.269 e. The first kappa shape index (κ1) is 22.5. The van der Waals surface area contributed by atoms with Gasteiger partial charge in [-0.2, -0.15) is 4.31 Å². The highest BCUT2D eigenvalue weighted by Gasteiger charge is 2.36. The number of sulfonamides is 1. The number of amides is 1. The summed E-state index contributed by atoms with van der Waals surface area (Å²) in [4.78, 5) is 24.8. The number of nitrogens with zero attached hydrogens (tertiary/aromatic N) is 3. The number of piperidine rings is 1. The minimum absolute atomic E-state index is 0. The second-order valence-corrected chi connectivity index (χ2v) is 8.99. The number of hydrogen-bond donors (Lipinski definition) is 1. The Morgan fingerprint density at radius 1 is 1.29 bits per heavy atom. The fraction of sp³-hybridized carbons (Fsp3) is 0.588. The molecule has 11 heteroatoms. The summed E-state index contributed by atoms with van der Waals surface area (Å²) in [5.41, 5.74) is -0.160. The van der Waals surface area contributed by atoms with Gasteiger partial charge in [-0.15, -0.1) is 12.4 Å². The van der Waals surface area contributed by atoms with Gasteiger partial charge in [-0.1, -0.05) is 0 Å². The number of halogens is 1. The van der Waals surface area contributed by atoms with Gasteiger partial charge < -0.3 is 10.2 Å². The molecule has 2 saturated heterocycles. The molecule has 9 nitrogen and oxygen atoms in total. The third-order valence-corrected chi connectivity index (χ3v) is 7.23. The van der Waals surface area contributed by atoms with Crippen molar-refractivity contribution in [1.29, 1.82) is 0 Å². The van der Waals surface area contributed by atoms with E-state index in [9.17, 15) is 23.3 Å². The van der Waals surface area contributed by atoms with Gasteiger partial charge in [0.15, 0.2) is 0 Å². The molecule has 0 radical (unpaired) electrons. The van der Waals surface area contributed by atoms with Crippen molar-refractivity contribution >= 4 is 34.0 Å². The van der Waals surface area contributed by atoms with Crippen LogP contribution >= 0.6 is 12.4 Å². The standard InChI is InChI=1S/C17H24N4O5S.ClH/c1-19(15-8-9-18-11-15)17(22)13-3-2-10-20(12-13)27(25,26)16-6-4-14(5-7-16)21(23)24;/h4-7,13,15,18H,2-3,8-12H2,1H3;1H. The molecule has 2 heterocycles. The van der Waals surface area contributed by atoms with Gasteiger partial charge >= 0.3 is 0 Å². The van der Waals surface area contributed by atoms with Crippen LogP contribution in [-0.2, 0) is 14.8 Å². The van der Waals surface area contributed by atoms with Crippen LogP contribution in [0.5, 0.6) is 0 Å². The molecular formula is C17H25ClN4O5S. The van der Waals surface area contributed by atoms with Crippen LogP contribution in [-0.4, -0.2) is 67.7 Å². The van der Waals surface area contributed by atoms with Gasteiger partial charge in [-0.3, -0.25) is 14.9 Å². The van der Waals surface area contributed by atoms with Gasteiger partial charge in [0.25, 0.3) is 5.69 Å². The van der Waals surface area contributed by atoms with Crippen molar-refractivity contribution in [1.82, 2.24) is 14.5 Å². The van der Waals surface area contributed by atoms with E-state index in [1.807, 2.05) is 0 Å². The zero-order chi connectivity index (χ0) is 19.6. The summed E-state index contributed by atoms with van der Waals surface area (Å²) in [6.45, 7) is 2.13. The number of nitro benzene ring substituents is 1. The van der Waals surface area contributed by atoms with Crippen molar-refractivity contribution < 1.29 is 18.1 Å². The second kappa shape index (κ2) is 9.17. The molecule has 156 valence electrons. The summed E-state index contributed by atoms with van der Waals surface area (Å²) >= 11 is 0. The molecule has 0 saturated carbocycles. The summed E-state index contributed by atoms with van der Waals surface area (Å²) in [5, 5.41) is 14.0. The Kier molecular flexibility index (Phi) is 7.38. The average molecular weight is 433 g/mol. The molecule has 28 heavy (non-hydrogen) atoms. The molecule has 3 rings (SSSR count). The minimum Gasteiger partial charge on any atom is -0.341 e. The lowest BCUT2D eigenvalue weighted by atomic mass is 9.97. The van der Waals surface area contributed by atoms with Gasteiger partial charge in [-0.25, -0.2) is 8.42 Å². The Labute approximate surface area is 170 Å². The fourth-order valence-electron chi connectivity index (χ4n) is 3.69. The highest BCUT2D eigenvalue weighted by molar-refractivity contribution is 7.89. The molecule has 0 aromatic heterocycles.